The summed E-state index contributed by atoms with van der Waals surface area (Å²) in [5, 5.41) is -0.341. The van der Waals surface area contributed by atoms with E-state index in [-0.39, 0.29) is 5.02 Å². The van der Waals surface area contributed by atoms with Crippen LogP contribution < -0.4 is 0 Å². The van der Waals surface area contributed by atoms with Gasteiger partial charge in [0.15, 0.2) is 5.82 Å². The number of carbonyl (C=O) groups is 1. The highest BCUT2D eigenvalue weighted by Gasteiger charge is 2.22. The molecule has 0 spiro atoms. The average molecular weight is 209 g/mol. The Hall–Kier alpha value is -1.03. The van der Waals surface area contributed by atoms with Gasteiger partial charge in [-0.2, -0.15) is 0 Å². The minimum absolute atomic E-state index is 0.341. The van der Waals surface area contributed by atoms with Gasteiger partial charge in [0.05, 0.1) is 10.6 Å². The van der Waals surface area contributed by atoms with Gasteiger partial charge in [-0.15, -0.1) is 0 Å². The molecule has 0 aliphatic carbocycles. The maximum atomic E-state index is 12.9. The van der Waals surface area contributed by atoms with Crippen molar-refractivity contribution in [3.63, 3.8) is 0 Å². The molecular formula is C8H4ClF3O. The van der Waals surface area contributed by atoms with Gasteiger partial charge in [0, 0.05) is 0 Å². The molecule has 0 aliphatic rings. The Labute approximate surface area is 77.1 Å². The van der Waals surface area contributed by atoms with E-state index in [2.05, 4.69) is 0 Å². The quantitative estimate of drug-likeness (QED) is 0.683. The van der Waals surface area contributed by atoms with E-state index in [1.807, 2.05) is 0 Å². The SMILES string of the molecule is O=C(c1cccc(Cl)c1F)C(F)F. The molecule has 1 aromatic rings. The molecule has 5 heteroatoms. The Morgan fingerprint density at radius 3 is 2.54 bits per heavy atom. The van der Waals surface area contributed by atoms with Gasteiger partial charge in [-0.05, 0) is 12.1 Å². The van der Waals surface area contributed by atoms with Crippen molar-refractivity contribution in [3.8, 4) is 0 Å². The number of rotatable bonds is 2. The highest BCUT2D eigenvalue weighted by Crippen LogP contribution is 2.19. The van der Waals surface area contributed by atoms with Crippen molar-refractivity contribution in [1.82, 2.24) is 0 Å². The second-order valence-corrected chi connectivity index (χ2v) is 2.67. The first kappa shape index (κ1) is 10.1. The maximum Gasteiger partial charge on any atom is 0.300 e. The second kappa shape index (κ2) is 3.79. The second-order valence-electron chi connectivity index (χ2n) is 2.27. The van der Waals surface area contributed by atoms with Crippen LogP contribution in [-0.2, 0) is 0 Å². The number of carbonyl (C=O) groups excluding carboxylic acids is 1. The molecule has 0 radical (unpaired) electrons. The van der Waals surface area contributed by atoms with Crippen LogP contribution in [0.3, 0.4) is 0 Å². The smallest absolute Gasteiger partial charge is 0.288 e. The molecule has 70 valence electrons. The number of benzene rings is 1. The highest BCUT2D eigenvalue weighted by atomic mass is 35.5. The molecule has 0 unspecified atom stereocenters. The van der Waals surface area contributed by atoms with Crippen LogP contribution in [0.1, 0.15) is 10.4 Å². The van der Waals surface area contributed by atoms with E-state index >= 15 is 0 Å². The minimum Gasteiger partial charge on any atom is -0.288 e. The molecule has 0 amide bonds. The van der Waals surface area contributed by atoms with Gasteiger partial charge in [0.1, 0.15) is 0 Å². The lowest BCUT2D eigenvalue weighted by Gasteiger charge is -2.01. The molecule has 1 nitrogen and oxygen atoms in total. The number of Topliss-reactive ketones (excluding diaryl/α,β-unsaturated/α-hetero) is 1. The van der Waals surface area contributed by atoms with Gasteiger partial charge >= 0.3 is 6.43 Å². The number of halogens is 4. The lowest BCUT2D eigenvalue weighted by Crippen LogP contribution is -2.12. The summed E-state index contributed by atoms with van der Waals surface area (Å²) in [5.41, 5.74) is -0.678. The maximum absolute atomic E-state index is 12.9. The zero-order chi connectivity index (χ0) is 10.0. The van der Waals surface area contributed by atoms with Crippen LogP contribution in [0, 0.1) is 5.82 Å². The highest BCUT2D eigenvalue weighted by molar-refractivity contribution is 6.31. The molecular weight excluding hydrogens is 205 g/mol. The monoisotopic (exact) mass is 208 g/mol. The molecule has 1 rings (SSSR count). The van der Waals surface area contributed by atoms with Crippen LogP contribution in [0.5, 0.6) is 0 Å². The van der Waals surface area contributed by atoms with E-state index in [0.717, 1.165) is 6.07 Å². The molecule has 0 saturated carbocycles. The lowest BCUT2D eigenvalue weighted by atomic mass is 10.1. The van der Waals surface area contributed by atoms with E-state index < -0.39 is 23.6 Å². The van der Waals surface area contributed by atoms with Crippen molar-refractivity contribution >= 4 is 17.4 Å². The zero-order valence-corrected chi connectivity index (χ0v) is 6.99. The Balaban J connectivity index is 3.15. The van der Waals surface area contributed by atoms with Crippen molar-refractivity contribution in [3.05, 3.63) is 34.6 Å². The fraction of sp³-hybridized carbons (Fsp3) is 0.125. The largest absolute Gasteiger partial charge is 0.300 e. The summed E-state index contributed by atoms with van der Waals surface area (Å²) in [7, 11) is 0. The van der Waals surface area contributed by atoms with Crippen molar-refractivity contribution in [2.45, 2.75) is 6.43 Å². The minimum atomic E-state index is -3.21. The number of alkyl halides is 2. The molecule has 0 atom stereocenters. The van der Waals surface area contributed by atoms with Gasteiger partial charge in [-0.25, -0.2) is 13.2 Å². The Morgan fingerprint density at radius 2 is 2.00 bits per heavy atom. The fourth-order valence-electron chi connectivity index (χ4n) is 0.812. The Bertz CT molecular complexity index is 338. The third-order valence-corrected chi connectivity index (χ3v) is 1.71. The molecule has 1 aromatic carbocycles. The molecule has 0 saturated heterocycles. The molecule has 0 bridgehead atoms. The van der Waals surface area contributed by atoms with E-state index in [1.54, 1.807) is 0 Å². The predicted octanol–water partition coefficient (Wildman–Crippen LogP) is 2.93. The van der Waals surface area contributed by atoms with Crippen LogP contribution >= 0.6 is 11.6 Å². The first-order valence-corrected chi connectivity index (χ1v) is 3.68. The van der Waals surface area contributed by atoms with Gasteiger partial charge in [-0.3, -0.25) is 4.79 Å². The third kappa shape index (κ3) is 2.01. The average Bonchev–Trinajstić information content (AvgIpc) is 2.08. The van der Waals surface area contributed by atoms with Crippen LogP contribution in [0.25, 0.3) is 0 Å². The lowest BCUT2D eigenvalue weighted by molar-refractivity contribution is 0.0674. The van der Waals surface area contributed by atoms with Crippen LogP contribution in [0.4, 0.5) is 13.2 Å². The normalized spacial score (nSPS) is 10.5. The molecule has 0 fully saturated rings. The summed E-state index contributed by atoms with van der Waals surface area (Å²) >= 11 is 5.29. The van der Waals surface area contributed by atoms with E-state index in [4.69, 9.17) is 11.6 Å². The summed E-state index contributed by atoms with van der Waals surface area (Å²) in [6, 6.07) is 3.38. The van der Waals surface area contributed by atoms with Gasteiger partial charge in [0.25, 0.3) is 0 Å². The number of hydrogen-bond acceptors (Lipinski definition) is 1. The summed E-state index contributed by atoms with van der Waals surface area (Å²) in [6.45, 7) is 0. The van der Waals surface area contributed by atoms with Crippen molar-refractivity contribution in [1.29, 1.82) is 0 Å². The molecule has 0 aromatic heterocycles. The van der Waals surface area contributed by atoms with Gasteiger partial charge < -0.3 is 0 Å². The fourth-order valence-corrected chi connectivity index (χ4v) is 0.986. The van der Waals surface area contributed by atoms with Crippen molar-refractivity contribution in [2.24, 2.45) is 0 Å². The first-order valence-electron chi connectivity index (χ1n) is 3.30. The predicted molar refractivity (Wildman–Crippen MR) is 41.7 cm³/mol. The first-order chi connectivity index (χ1) is 6.04. The summed E-state index contributed by atoms with van der Waals surface area (Å²) < 4.78 is 36.7. The summed E-state index contributed by atoms with van der Waals surface area (Å²) in [6.07, 6.45) is -3.21. The Kier molecular flexibility index (Phi) is 2.93. The molecule has 0 aliphatic heterocycles. The van der Waals surface area contributed by atoms with Crippen LogP contribution in [0.15, 0.2) is 18.2 Å². The number of ketones is 1. The van der Waals surface area contributed by atoms with Gasteiger partial charge in [-0.1, -0.05) is 17.7 Å². The third-order valence-electron chi connectivity index (χ3n) is 1.42. The van der Waals surface area contributed by atoms with E-state index in [1.165, 1.54) is 12.1 Å². The molecule has 0 heterocycles. The summed E-state index contributed by atoms with van der Waals surface area (Å²) in [5.74, 6) is -2.66. The Morgan fingerprint density at radius 1 is 1.38 bits per heavy atom. The van der Waals surface area contributed by atoms with Gasteiger partial charge in [0.2, 0.25) is 5.78 Å². The standard InChI is InChI=1S/C8H4ClF3O/c9-5-3-1-2-4(6(5)10)7(13)8(11)12/h1-3,8H. The van der Waals surface area contributed by atoms with Crippen molar-refractivity contribution < 1.29 is 18.0 Å². The van der Waals surface area contributed by atoms with Crippen LogP contribution in [0.2, 0.25) is 5.02 Å². The van der Waals surface area contributed by atoms with E-state index in [0.29, 0.717) is 0 Å². The summed E-state index contributed by atoms with van der Waals surface area (Å²) in [4.78, 5) is 10.7. The molecule has 13 heavy (non-hydrogen) atoms. The zero-order valence-electron chi connectivity index (χ0n) is 6.23. The topological polar surface area (TPSA) is 17.1 Å². The molecule has 0 N–H and O–H groups in total. The van der Waals surface area contributed by atoms with Crippen molar-refractivity contribution in [2.75, 3.05) is 0 Å². The number of hydrogen-bond donors (Lipinski definition) is 0. The van der Waals surface area contributed by atoms with Crippen LogP contribution in [-0.4, -0.2) is 12.2 Å². The van der Waals surface area contributed by atoms with E-state index in [9.17, 15) is 18.0 Å².